The number of aryl methyl sites for hydroxylation is 1. The maximum absolute atomic E-state index is 12.3. The molecule has 0 bridgehead atoms. The number of halogens is 1. The van der Waals surface area contributed by atoms with Gasteiger partial charge in [-0.3, -0.25) is 4.79 Å². The summed E-state index contributed by atoms with van der Waals surface area (Å²) in [7, 11) is 1.48. The molecule has 0 atom stereocenters. The molecule has 0 fully saturated rings. The second-order valence-electron chi connectivity index (χ2n) is 5.51. The minimum atomic E-state index is -0.553. The summed E-state index contributed by atoms with van der Waals surface area (Å²) >= 11 is 6.15. The molecule has 7 heteroatoms. The Bertz CT molecular complexity index is 975. The molecular formula is C18H16ClNO5. The number of nitrogens with one attached hydrogen (secondary N) is 1. The first-order valence-electron chi connectivity index (χ1n) is 7.58. The highest BCUT2D eigenvalue weighted by molar-refractivity contribution is 6.32. The normalized spacial score (nSPS) is 10.8. The van der Waals surface area contributed by atoms with Gasteiger partial charge in [-0.25, -0.2) is 4.79 Å². The first-order chi connectivity index (χ1) is 12.0. The number of amides is 1. The van der Waals surface area contributed by atoms with Crippen molar-refractivity contribution >= 4 is 28.5 Å². The highest BCUT2D eigenvalue weighted by Gasteiger charge is 2.17. The Balaban J connectivity index is 1.88. The summed E-state index contributed by atoms with van der Waals surface area (Å²) in [6, 6.07) is 6.72. The second-order valence-corrected chi connectivity index (χ2v) is 5.92. The maximum atomic E-state index is 12.3. The summed E-state index contributed by atoms with van der Waals surface area (Å²) < 4.78 is 15.6. The summed E-state index contributed by atoms with van der Waals surface area (Å²) in [5, 5.41) is 3.78. The molecule has 0 spiro atoms. The van der Waals surface area contributed by atoms with E-state index in [1.807, 2.05) is 0 Å². The molecule has 25 heavy (non-hydrogen) atoms. The van der Waals surface area contributed by atoms with E-state index in [0.29, 0.717) is 38.6 Å². The molecule has 1 amide bonds. The third-order valence-electron chi connectivity index (χ3n) is 3.94. The molecule has 6 nitrogen and oxygen atoms in total. The van der Waals surface area contributed by atoms with Gasteiger partial charge in [0, 0.05) is 11.5 Å². The van der Waals surface area contributed by atoms with Gasteiger partial charge in [-0.1, -0.05) is 11.6 Å². The molecule has 0 saturated heterocycles. The van der Waals surface area contributed by atoms with Crippen LogP contribution >= 0.6 is 11.6 Å². The Morgan fingerprint density at radius 2 is 2.16 bits per heavy atom. The zero-order valence-electron chi connectivity index (χ0n) is 13.7. The Morgan fingerprint density at radius 1 is 1.36 bits per heavy atom. The van der Waals surface area contributed by atoms with Crippen molar-refractivity contribution in [2.75, 3.05) is 7.11 Å². The number of hydrogen-bond acceptors (Lipinski definition) is 5. The van der Waals surface area contributed by atoms with E-state index in [-0.39, 0.29) is 18.9 Å². The van der Waals surface area contributed by atoms with Crippen LogP contribution in [0.2, 0.25) is 5.02 Å². The van der Waals surface area contributed by atoms with Crippen molar-refractivity contribution in [3.05, 3.63) is 62.9 Å². The molecule has 0 aliphatic rings. The predicted octanol–water partition coefficient (Wildman–Crippen LogP) is 3.22. The lowest BCUT2D eigenvalue weighted by atomic mass is 10.0. The minimum absolute atomic E-state index is 0.0888. The zero-order valence-corrected chi connectivity index (χ0v) is 14.5. The molecule has 2 aromatic heterocycles. The quantitative estimate of drug-likeness (QED) is 0.705. The van der Waals surface area contributed by atoms with Crippen LogP contribution in [0.4, 0.5) is 0 Å². The van der Waals surface area contributed by atoms with Gasteiger partial charge in [-0.15, -0.1) is 0 Å². The predicted molar refractivity (Wildman–Crippen MR) is 93.0 cm³/mol. The number of furan rings is 1. The standard InChI is InChI=1S/C18H16ClNO5/c1-10-12-6-14(19)16(23-2)8-15(12)25-18(22)13(10)7-17(21)20-9-11-4-3-5-24-11/h3-6,8H,7,9H2,1-2H3,(H,20,21). The lowest BCUT2D eigenvalue weighted by Gasteiger charge is -2.10. The molecule has 0 radical (unpaired) electrons. The number of rotatable bonds is 5. The van der Waals surface area contributed by atoms with Crippen molar-refractivity contribution in [2.24, 2.45) is 0 Å². The average Bonchev–Trinajstić information content (AvgIpc) is 3.10. The lowest BCUT2D eigenvalue weighted by molar-refractivity contribution is -0.120. The van der Waals surface area contributed by atoms with Gasteiger partial charge in [0.05, 0.1) is 36.9 Å². The topological polar surface area (TPSA) is 81.7 Å². The summed E-state index contributed by atoms with van der Waals surface area (Å²) in [6.07, 6.45) is 1.44. The fourth-order valence-corrected chi connectivity index (χ4v) is 2.81. The molecule has 3 rings (SSSR count). The molecule has 0 saturated carbocycles. The SMILES string of the molecule is COc1cc2oc(=O)c(CC(=O)NCc3ccco3)c(C)c2cc1Cl. The van der Waals surface area contributed by atoms with Gasteiger partial charge in [0.15, 0.2) is 0 Å². The van der Waals surface area contributed by atoms with Crippen LogP contribution in [0.5, 0.6) is 5.75 Å². The van der Waals surface area contributed by atoms with E-state index in [1.165, 1.54) is 13.4 Å². The van der Waals surface area contributed by atoms with Crippen molar-refractivity contribution in [1.82, 2.24) is 5.32 Å². The molecule has 0 unspecified atom stereocenters. The monoisotopic (exact) mass is 361 g/mol. The largest absolute Gasteiger partial charge is 0.495 e. The van der Waals surface area contributed by atoms with Crippen molar-refractivity contribution in [1.29, 1.82) is 0 Å². The number of carbonyl (C=O) groups is 1. The number of carbonyl (C=O) groups excluding carboxylic acids is 1. The van der Waals surface area contributed by atoms with Gasteiger partial charge in [0.1, 0.15) is 17.1 Å². The first kappa shape index (κ1) is 17.1. The number of benzene rings is 1. The highest BCUT2D eigenvalue weighted by Crippen LogP contribution is 2.31. The molecule has 3 aromatic rings. The van der Waals surface area contributed by atoms with Crippen molar-refractivity contribution in [3.63, 3.8) is 0 Å². The second kappa shape index (κ2) is 7.03. The highest BCUT2D eigenvalue weighted by atomic mass is 35.5. The smallest absolute Gasteiger partial charge is 0.340 e. The lowest BCUT2D eigenvalue weighted by Crippen LogP contribution is -2.27. The van der Waals surface area contributed by atoms with Crippen LogP contribution in [0.1, 0.15) is 16.9 Å². The van der Waals surface area contributed by atoms with Crippen LogP contribution in [-0.2, 0) is 17.8 Å². The third-order valence-corrected chi connectivity index (χ3v) is 4.23. The van der Waals surface area contributed by atoms with Crippen LogP contribution in [0.25, 0.3) is 11.0 Å². The summed E-state index contributed by atoms with van der Waals surface area (Å²) in [5.74, 6) is 0.751. The Hall–Kier alpha value is -2.73. The van der Waals surface area contributed by atoms with Gasteiger partial charge < -0.3 is 18.9 Å². The fraction of sp³-hybridized carbons (Fsp3) is 0.222. The number of hydrogen-bond donors (Lipinski definition) is 1. The number of ether oxygens (including phenoxy) is 1. The summed E-state index contributed by atoms with van der Waals surface area (Å²) in [5.41, 5.74) is 0.764. The van der Waals surface area contributed by atoms with Crippen LogP contribution in [0.3, 0.4) is 0 Å². The van der Waals surface area contributed by atoms with E-state index in [0.717, 1.165) is 0 Å². The summed E-state index contributed by atoms with van der Waals surface area (Å²) in [4.78, 5) is 24.4. The van der Waals surface area contributed by atoms with Gasteiger partial charge in [0.2, 0.25) is 5.91 Å². The number of fused-ring (bicyclic) bond motifs is 1. The minimum Gasteiger partial charge on any atom is -0.495 e. The van der Waals surface area contributed by atoms with E-state index < -0.39 is 5.63 Å². The molecule has 1 aromatic carbocycles. The van der Waals surface area contributed by atoms with Crippen LogP contribution < -0.4 is 15.7 Å². The Morgan fingerprint density at radius 3 is 2.84 bits per heavy atom. The van der Waals surface area contributed by atoms with E-state index in [1.54, 1.807) is 31.2 Å². The molecular weight excluding hydrogens is 346 g/mol. The molecule has 1 N–H and O–H groups in total. The van der Waals surface area contributed by atoms with Crippen molar-refractivity contribution in [2.45, 2.75) is 19.9 Å². The fourth-order valence-electron chi connectivity index (χ4n) is 2.57. The van der Waals surface area contributed by atoms with Crippen molar-refractivity contribution < 1.29 is 18.4 Å². The van der Waals surface area contributed by atoms with Crippen molar-refractivity contribution in [3.8, 4) is 5.75 Å². The molecule has 0 aliphatic carbocycles. The van der Waals surface area contributed by atoms with E-state index in [2.05, 4.69) is 5.32 Å². The first-order valence-corrected chi connectivity index (χ1v) is 7.96. The van der Waals surface area contributed by atoms with Gasteiger partial charge >= 0.3 is 5.63 Å². The Kier molecular flexibility index (Phi) is 4.81. The van der Waals surface area contributed by atoms with E-state index in [9.17, 15) is 9.59 Å². The molecule has 130 valence electrons. The zero-order chi connectivity index (χ0) is 18.0. The maximum Gasteiger partial charge on any atom is 0.340 e. The van der Waals surface area contributed by atoms with Crippen LogP contribution in [-0.4, -0.2) is 13.0 Å². The van der Waals surface area contributed by atoms with Gasteiger partial charge in [0.25, 0.3) is 0 Å². The van der Waals surface area contributed by atoms with Crippen LogP contribution in [0.15, 0.2) is 44.2 Å². The average molecular weight is 362 g/mol. The van der Waals surface area contributed by atoms with E-state index in [4.69, 9.17) is 25.2 Å². The van der Waals surface area contributed by atoms with E-state index >= 15 is 0 Å². The van der Waals surface area contributed by atoms with Gasteiger partial charge in [-0.05, 0) is 30.7 Å². The van der Waals surface area contributed by atoms with Crippen LogP contribution in [0, 0.1) is 6.92 Å². The molecule has 2 heterocycles. The number of methoxy groups -OCH3 is 1. The summed E-state index contributed by atoms with van der Waals surface area (Å²) in [6.45, 7) is 2.02. The third kappa shape index (κ3) is 3.53. The molecule has 0 aliphatic heterocycles. The Labute approximate surface area is 148 Å². The van der Waals surface area contributed by atoms with Gasteiger partial charge in [-0.2, -0.15) is 0 Å².